The van der Waals surface area contributed by atoms with E-state index in [0.29, 0.717) is 17.1 Å². The number of hydrogen-bond donors (Lipinski definition) is 2. The van der Waals surface area contributed by atoms with Crippen molar-refractivity contribution in [2.75, 3.05) is 32.1 Å². The molecule has 2 aromatic carbocycles. The van der Waals surface area contributed by atoms with Crippen molar-refractivity contribution in [1.82, 2.24) is 10.6 Å². The second kappa shape index (κ2) is 9.80. The van der Waals surface area contributed by atoms with Crippen molar-refractivity contribution >= 4 is 33.2 Å². The van der Waals surface area contributed by atoms with Gasteiger partial charge in [0.05, 0.1) is 4.90 Å². The first-order valence-electron chi connectivity index (χ1n) is 9.04. The number of nitrogens with one attached hydrogen (secondary N) is 2. The van der Waals surface area contributed by atoms with E-state index >= 15 is 0 Å². The molecule has 0 radical (unpaired) electrons. The number of hydrogen-bond acceptors (Lipinski definition) is 4. The molecule has 2 amide bonds. The average Bonchev–Trinajstić information content (AvgIpc) is 2.67. The molecule has 8 heteroatoms. The third-order valence-corrected chi connectivity index (χ3v) is 6.65. The minimum Gasteiger partial charge on any atom is -0.378 e. The van der Waals surface area contributed by atoms with Crippen molar-refractivity contribution in [2.24, 2.45) is 0 Å². The van der Waals surface area contributed by atoms with Gasteiger partial charge < -0.3 is 15.5 Å². The lowest BCUT2D eigenvalue weighted by Gasteiger charge is -2.20. The number of anilines is 1. The Labute approximate surface area is 171 Å². The van der Waals surface area contributed by atoms with E-state index in [9.17, 15) is 13.2 Å². The average molecular weight is 424 g/mol. The fourth-order valence-electron chi connectivity index (χ4n) is 2.67. The minimum absolute atomic E-state index is 0.0399. The maximum absolute atomic E-state index is 13.3. The molecule has 0 bridgehead atoms. The molecule has 0 saturated heterocycles. The first kappa shape index (κ1) is 22.0. The van der Waals surface area contributed by atoms with Gasteiger partial charge in [-0.15, -0.1) is 0 Å². The molecule has 0 aromatic heterocycles. The number of nitrogens with zero attached hydrogens (tertiary/aromatic N) is 1. The zero-order valence-electron chi connectivity index (χ0n) is 16.3. The van der Waals surface area contributed by atoms with Gasteiger partial charge in [-0.05, 0) is 48.4 Å². The summed E-state index contributed by atoms with van der Waals surface area (Å²) in [5, 5.41) is 4.91. The van der Waals surface area contributed by atoms with Gasteiger partial charge in [0.25, 0.3) is 0 Å². The molecule has 0 fully saturated rings. The summed E-state index contributed by atoms with van der Waals surface area (Å²) in [5.41, 5.74) is 1.57. The van der Waals surface area contributed by atoms with Crippen LogP contribution in [0.2, 0.25) is 5.02 Å². The minimum atomic E-state index is -3.73. The summed E-state index contributed by atoms with van der Waals surface area (Å²) in [6.45, 7) is 2.43. The third-order valence-electron chi connectivity index (χ3n) is 4.28. The first-order valence-corrected chi connectivity index (χ1v) is 11.0. The molecule has 1 atom stereocenters. The Bertz CT molecular complexity index is 882. The monoisotopic (exact) mass is 423 g/mol. The third kappa shape index (κ3) is 5.62. The number of benzene rings is 2. The predicted molar refractivity (Wildman–Crippen MR) is 114 cm³/mol. The lowest BCUT2D eigenvalue weighted by molar-refractivity contribution is 0.241. The Hall–Kier alpha value is -2.25. The molecule has 0 heterocycles. The fourth-order valence-corrected chi connectivity index (χ4v) is 4.46. The number of sulfone groups is 1. The van der Waals surface area contributed by atoms with Crippen LogP contribution in [-0.2, 0) is 9.84 Å². The van der Waals surface area contributed by atoms with E-state index in [1.807, 2.05) is 38.1 Å². The predicted octanol–water partition coefficient (Wildman–Crippen LogP) is 3.63. The molecule has 6 nitrogen and oxygen atoms in total. The number of carbonyl (C=O) groups excluding carboxylic acids is 1. The van der Waals surface area contributed by atoms with Crippen LogP contribution in [-0.4, -0.2) is 41.6 Å². The van der Waals surface area contributed by atoms with E-state index in [0.717, 1.165) is 12.1 Å². The Morgan fingerprint density at radius 2 is 1.64 bits per heavy atom. The van der Waals surface area contributed by atoms with E-state index < -0.39 is 15.1 Å². The van der Waals surface area contributed by atoms with Crippen LogP contribution in [0.5, 0.6) is 0 Å². The highest BCUT2D eigenvalue weighted by Gasteiger charge is 2.29. The molecule has 0 aliphatic rings. The highest BCUT2D eigenvalue weighted by molar-refractivity contribution is 7.91. The normalized spacial score (nSPS) is 12.3. The standard InChI is InChI=1S/C20H26ClN3O3S/c1-4-13-22-20(25)23-14-19(15-5-9-17(10-6-15)24(2)3)28(26,27)18-11-7-16(21)8-12-18/h5-12,19H,4,13-14H2,1-3H3,(H2,22,23,25)/t19-/m0/s1. The maximum Gasteiger partial charge on any atom is 0.314 e. The van der Waals surface area contributed by atoms with Crippen molar-refractivity contribution in [2.45, 2.75) is 23.5 Å². The summed E-state index contributed by atoms with van der Waals surface area (Å²) in [6.07, 6.45) is 0.798. The second-order valence-corrected chi connectivity index (χ2v) is 9.18. The van der Waals surface area contributed by atoms with Crippen LogP contribution in [0.3, 0.4) is 0 Å². The molecule has 0 saturated carbocycles. The zero-order valence-corrected chi connectivity index (χ0v) is 17.8. The lowest BCUT2D eigenvalue weighted by Crippen LogP contribution is -2.39. The van der Waals surface area contributed by atoms with Gasteiger partial charge in [0, 0.05) is 37.9 Å². The zero-order chi connectivity index (χ0) is 20.7. The summed E-state index contributed by atoms with van der Waals surface area (Å²) < 4.78 is 26.5. The van der Waals surface area contributed by atoms with Gasteiger partial charge in [0.15, 0.2) is 9.84 Å². The van der Waals surface area contributed by atoms with Gasteiger partial charge in [0.2, 0.25) is 0 Å². The molecule has 28 heavy (non-hydrogen) atoms. The Morgan fingerprint density at radius 1 is 1.04 bits per heavy atom. The molecular weight excluding hydrogens is 398 g/mol. The van der Waals surface area contributed by atoms with Crippen LogP contribution in [0, 0.1) is 0 Å². The molecule has 0 spiro atoms. The smallest absolute Gasteiger partial charge is 0.314 e. The SMILES string of the molecule is CCCNC(=O)NC[C@@H](c1ccc(N(C)C)cc1)S(=O)(=O)c1ccc(Cl)cc1. The maximum atomic E-state index is 13.3. The van der Waals surface area contributed by atoms with Crippen LogP contribution in [0.1, 0.15) is 24.2 Å². The quantitative estimate of drug-likeness (QED) is 0.679. The van der Waals surface area contributed by atoms with Crippen molar-refractivity contribution in [1.29, 1.82) is 0 Å². The largest absolute Gasteiger partial charge is 0.378 e. The van der Waals surface area contributed by atoms with Gasteiger partial charge in [-0.3, -0.25) is 0 Å². The molecular formula is C20H26ClN3O3S. The van der Waals surface area contributed by atoms with Crippen LogP contribution in [0.4, 0.5) is 10.5 Å². The number of amides is 2. The molecule has 2 rings (SSSR count). The lowest BCUT2D eigenvalue weighted by atomic mass is 10.1. The summed E-state index contributed by atoms with van der Waals surface area (Å²) >= 11 is 5.89. The summed E-state index contributed by atoms with van der Waals surface area (Å²) in [6, 6.07) is 12.9. The van der Waals surface area contributed by atoms with Gasteiger partial charge in [-0.25, -0.2) is 13.2 Å². The highest BCUT2D eigenvalue weighted by atomic mass is 35.5. The second-order valence-electron chi connectivity index (χ2n) is 6.61. The Morgan fingerprint density at radius 3 is 2.18 bits per heavy atom. The summed E-state index contributed by atoms with van der Waals surface area (Å²) in [4.78, 5) is 14.0. The van der Waals surface area contributed by atoms with Crippen molar-refractivity contribution in [3.05, 3.63) is 59.1 Å². The molecule has 2 aromatic rings. The first-order chi connectivity index (χ1) is 13.3. The van der Waals surface area contributed by atoms with Crippen LogP contribution in [0.25, 0.3) is 0 Å². The number of halogens is 1. The van der Waals surface area contributed by atoms with E-state index in [1.165, 1.54) is 12.1 Å². The Kier molecular flexibility index (Phi) is 7.71. The number of urea groups is 1. The highest BCUT2D eigenvalue weighted by Crippen LogP contribution is 2.30. The van der Waals surface area contributed by atoms with Gasteiger partial charge in [-0.2, -0.15) is 0 Å². The summed E-state index contributed by atoms with van der Waals surface area (Å²) in [5.74, 6) is 0. The Balaban J connectivity index is 2.34. The topological polar surface area (TPSA) is 78.5 Å². The molecule has 0 unspecified atom stereocenters. The molecule has 2 N–H and O–H groups in total. The van der Waals surface area contributed by atoms with E-state index in [-0.39, 0.29) is 17.5 Å². The van der Waals surface area contributed by atoms with E-state index in [1.54, 1.807) is 24.3 Å². The van der Waals surface area contributed by atoms with E-state index in [2.05, 4.69) is 10.6 Å². The molecule has 152 valence electrons. The fraction of sp³-hybridized carbons (Fsp3) is 0.350. The number of rotatable bonds is 8. The van der Waals surface area contributed by atoms with Gasteiger partial charge >= 0.3 is 6.03 Å². The van der Waals surface area contributed by atoms with E-state index in [4.69, 9.17) is 11.6 Å². The summed E-state index contributed by atoms with van der Waals surface area (Å²) in [7, 11) is 0.0916. The van der Waals surface area contributed by atoms with Crippen molar-refractivity contribution in [3.8, 4) is 0 Å². The van der Waals surface area contributed by atoms with Gasteiger partial charge in [-0.1, -0.05) is 30.7 Å². The molecule has 0 aliphatic carbocycles. The van der Waals surface area contributed by atoms with Crippen LogP contribution < -0.4 is 15.5 Å². The van der Waals surface area contributed by atoms with Crippen LogP contribution in [0.15, 0.2) is 53.4 Å². The van der Waals surface area contributed by atoms with Crippen molar-refractivity contribution < 1.29 is 13.2 Å². The van der Waals surface area contributed by atoms with Gasteiger partial charge in [0.1, 0.15) is 5.25 Å². The molecule has 0 aliphatic heterocycles. The van der Waals surface area contributed by atoms with Crippen molar-refractivity contribution in [3.63, 3.8) is 0 Å². The number of carbonyl (C=O) groups is 1. The van der Waals surface area contributed by atoms with Crippen LogP contribution >= 0.6 is 11.6 Å².